The van der Waals surface area contributed by atoms with E-state index in [0.29, 0.717) is 61.1 Å². The van der Waals surface area contributed by atoms with Crippen LogP contribution >= 0.6 is 0 Å². The first-order valence-corrected chi connectivity index (χ1v) is 15.0. The molecule has 0 radical (unpaired) electrons. The van der Waals surface area contributed by atoms with E-state index < -0.39 is 11.9 Å². The van der Waals surface area contributed by atoms with E-state index in [1.54, 1.807) is 13.2 Å². The number of carbonyl (C=O) groups is 2. The molecule has 228 valence electrons. The number of benzene rings is 4. The van der Waals surface area contributed by atoms with Crippen LogP contribution in [0.15, 0.2) is 85.1 Å². The number of hydrogen-bond acceptors (Lipinski definition) is 6. The quantitative estimate of drug-likeness (QED) is 0.257. The monoisotopic (exact) mass is 603 g/mol. The van der Waals surface area contributed by atoms with E-state index in [0.717, 1.165) is 27.6 Å². The van der Waals surface area contributed by atoms with E-state index in [9.17, 15) is 14.7 Å². The molecule has 4 heterocycles. The number of nitrogens with one attached hydrogen (secondary N) is 1. The van der Waals surface area contributed by atoms with Crippen molar-refractivity contribution < 1.29 is 28.9 Å². The summed E-state index contributed by atoms with van der Waals surface area (Å²) in [6.45, 7) is 1.22. The number of aromatic nitrogens is 1. The molecule has 1 unspecified atom stereocenters. The maximum Gasteiger partial charge on any atom is 0.256 e. The Morgan fingerprint density at radius 3 is 2.76 bits per heavy atom. The third kappa shape index (κ3) is 5.20. The molecule has 3 aliphatic heterocycles. The van der Waals surface area contributed by atoms with Crippen molar-refractivity contribution >= 4 is 22.7 Å². The van der Waals surface area contributed by atoms with E-state index in [2.05, 4.69) is 5.32 Å². The molecular formula is C36H33N3O6. The van der Waals surface area contributed by atoms with E-state index in [4.69, 9.17) is 14.2 Å². The fraction of sp³-hybridized carbons (Fsp3) is 0.222. The molecule has 45 heavy (non-hydrogen) atoms. The van der Waals surface area contributed by atoms with Crippen LogP contribution < -0.4 is 19.5 Å². The van der Waals surface area contributed by atoms with Crippen LogP contribution in [-0.2, 0) is 13.5 Å². The average Bonchev–Trinajstić information content (AvgIpc) is 3.40. The fourth-order valence-electron chi connectivity index (χ4n) is 6.33. The largest absolute Gasteiger partial charge is 0.507 e. The van der Waals surface area contributed by atoms with Gasteiger partial charge < -0.3 is 34.1 Å². The van der Waals surface area contributed by atoms with E-state index >= 15 is 0 Å². The van der Waals surface area contributed by atoms with Gasteiger partial charge in [0.2, 0.25) is 0 Å². The Bertz CT molecular complexity index is 1950. The van der Waals surface area contributed by atoms with Crippen molar-refractivity contribution in [2.24, 2.45) is 7.05 Å². The summed E-state index contributed by atoms with van der Waals surface area (Å²) >= 11 is 0. The molecule has 0 fully saturated rings. The molecule has 2 N–H and O–H groups in total. The van der Waals surface area contributed by atoms with Gasteiger partial charge in [0.1, 0.15) is 17.2 Å². The van der Waals surface area contributed by atoms with Crippen molar-refractivity contribution in [2.75, 3.05) is 26.8 Å². The number of aryl methyl sites for hydroxylation is 1. The van der Waals surface area contributed by atoms with Gasteiger partial charge in [0, 0.05) is 37.2 Å². The summed E-state index contributed by atoms with van der Waals surface area (Å²) in [5, 5.41) is 14.1. The smallest absolute Gasteiger partial charge is 0.256 e. The summed E-state index contributed by atoms with van der Waals surface area (Å²) in [5.41, 5.74) is 4.62. The summed E-state index contributed by atoms with van der Waals surface area (Å²) in [7, 11) is 3.53. The number of phenols is 1. The molecule has 9 nitrogen and oxygen atoms in total. The van der Waals surface area contributed by atoms with Crippen LogP contribution in [-0.4, -0.2) is 53.2 Å². The van der Waals surface area contributed by atoms with Crippen molar-refractivity contribution in [3.8, 4) is 28.7 Å². The third-order valence-corrected chi connectivity index (χ3v) is 8.53. The average molecular weight is 604 g/mol. The fourth-order valence-corrected chi connectivity index (χ4v) is 6.33. The number of nitrogens with zero attached hydrogens (tertiary/aromatic N) is 2. The first-order valence-electron chi connectivity index (χ1n) is 15.0. The van der Waals surface area contributed by atoms with Crippen molar-refractivity contribution in [1.29, 1.82) is 0 Å². The SMILES string of the molecule is COc1cc2c3cc1Oc1ccc(O)c(c1)C(=O)NCCCOc1cccc(c1)C2N(C(=O)c1cn(C)c2ccccc12)CC3. The van der Waals surface area contributed by atoms with Gasteiger partial charge in [-0.15, -0.1) is 0 Å². The lowest BCUT2D eigenvalue weighted by atomic mass is 9.87. The summed E-state index contributed by atoms with van der Waals surface area (Å²) in [6, 6.07) is 23.8. The van der Waals surface area contributed by atoms with Crippen molar-refractivity contribution in [3.63, 3.8) is 0 Å². The number of para-hydroxylation sites is 1. The number of phenolic OH excluding ortho intramolecular Hbond substituents is 1. The Morgan fingerprint density at radius 1 is 1.02 bits per heavy atom. The molecule has 1 atom stereocenters. The second kappa shape index (κ2) is 11.6. The lowest BCUT2D eigenvalue weighted by Crippen LogP contribution is -2.40. The molecule has 4 aromatic carbocycles. The lowest BCUT2D eigenvalue weighted by molar-refractivity contribution is 0.0695. The Labute approximate surface area is 260 Å². The van der Waals surface area contributed by atoms with E-state index in [1.165, 1.54) is 12.1 Å². The molecule has 0 spiro atoms. The second-order valence-corrected chi connectivity index (χ2v) is 11.3. The van der Waals surface area contributed by atoms with Gasteiger partial charge in [0.05, 0.1) is 30.9 Å². The lowest BCUT2D eigenvalue weighted by Gasteiger charge is -2.38. The van der Waals surface area contributed by atoms with Crippen LogP contribution in [0.2, 0.25) is 0 Å². The highest BCUT2D eigenvalue weighted by Crippen LogP contribution is 2.44. The van der Waals surface area contributed by atoms with Crippen LogP contribution in [0.5, 0.6) is 28.7 Å². The Morgan fingerprint density at radius 2 is 1.89 bits per heavy atom. The zero-order valence-corrected chi connectivity index (χ0v) is 25.1. The second-order valence-electron chi connectivity index (χ2n) is 11.3. The topological polar surface area (TPSA) is 102 Å². The molecule has 0 saturated heterocycles. The van der Waals surface area contributed by atoms with Gasteiger partial charge in [-0.05, 0) is 78.1 Å². The molecule has 2 amide bonds. The predicted octanol–water partition coefficient (Wildman–Crippen LogP) is 5.99. The number of amides is 2. The number of hydrogen-bond donors (Lipinski definition) is 2. The van der Waals surface area contributed by atoms with Gasteiger partial charge >= 0.3 is 0 Å². The van der Waals surface area contributed by atoms with Crippen molar-refractivity contribution in [1.82, 2.24) is 14.8 Å². The zero-order valence-electron chi connectivity index (χ0n) is 25.1. The number of fused-ring (bicyclic) bond motifs is 7. The van der Waals surface area contributed by atoms with Crippen molar-refractivity contribution in [3.05, 3.63) is 113 Å². The number of methoxy groups -OCH3 is 1. The summed E-state index contributed by atoms with van der Waals surface area (Å²) in [5.74, 6) is 1.40. The van der Waals surface area contributed by atoms with Gasteiger partial charge in [0.15, 0.2) is 11.5 Å². The van der Waals surface area contributed by atoms with Crippen molar-refractivity contribution in [2.45, 2.75) is 18.9 Å². The Hall–Kier alpha value is -5.44. The number of carbonyl (C=O) groups excluding carboxylic acids is 2. The van der Waals surface area contributed by atoms with Gasteiger partial charge in [0.25, 0.3) is 11.8 Å². The predicted molar refractivity (Wildman–Crippen MR) is 170 cm³/mol. The van der Waals surface area contributed by atoms with E-state index in [-0.39, 0.29) is 17.2 Å². The molecule has 9 heteroatoms. The standard InChI is InChI=1S/C36H33N3O6/c1-38-21-29(26-9-3-4-10-30(26)38)36(42)39-15-13-22-18-33-32(43-2)20-27(22)34(39)23-7-5-8-24(17-23)44-16-6-14-37-35(41)28-19-25(45-33)11-12-31(28)40/h3-5,7-12,17-21,34,40H,6,13-16H2,1-2H3,(H,37,41). The molecular weight excluding hydrogens is 570 g/mol. The van der Waals surface area contributed by atoms with Crippen LogP contribution in [0.3, 0.4) is 0 Å². The minimum atomic E-state index is -0.412. The molecule has 8 rings (SSSR count). The highest BCUT2D eigenvalue weighted by atomic mass is 16.5. The van der Waals surface area contributed by atoms with Crippen LogP contribution in [0, 0.1) is 0 Å². The number of ether oxygens (including phenoxy) is 3. The summed E-state index contributed by atoms with van der Waals surface area (Å²) in [4.78, 5) is 29.2. The molecule has 0 saturated carbocycles. The zero-order chi connectivity index (χ0) is 31.1. The normalized spacial score (nSPS) is 16.3. The van der Waals surface area contributed by atoms with Gasteiger partial charge in [-0.3, -0.25) is 9.59 Å². The highest BCUT2D eigenvalue weighted by Gasteiger charge is 2.35. The van der Waals surface area contributed by atoms with Gasteiger partial charge in [-0.25, -0.2) is 0 Å². The number of aromatic hydroxyl groups is 1. The molecule has 8 bridgehead atoms. The maximum atomic E-state index is 14.4. The highest BCUT2D eigenvalue weighted by molar-refractivity contribution is 6.07. The van der Waals surface area contributed by atoms with Crippen LogP contribution in [0.25, 0.3) is 10.9 Å². The Balaban J connectivity index is 1.37. The van der Waals surface area contributed by atoms with Gasteiger partial charge in [-0.2, -0.15) is 0 Å². The maximum absolute atomic E-state index is 14.4. The Kier molecular flexibility index (Phi) is 7.29. The van der Waals surface area contributed by atoms with Crippen LogP contribution in [0.1, 0.15) is 49.9 Å². The first kappa shape index (κ1) is 28.3. The summed E-state index contributed by atoms with van der Waals surface area (Å²) < 4.78 is 20.2. The minimum Gasteiger partial charge on any atom is -0.507 e. The summed E-state index contributed by atoms with van der Waals surface area (Å²) in [6.07, 6.45) is 3.07. The first-order chi connectivity index (χ1) is 21.9. The molecule has 0 aliphatic carbocycles. The third-order valence-electron chi connectivity index (χ3n) is 8.53. The number of rotatable bonds is 2. The van der Waals surface area contributed by atoms with Crippen LogP contribution in [0.4, 0.5) is 0 Å². The van der Waals surface area contributed by atoms with E-state index in [1.807, 2.05) is 83.4 Å². The molecule has 5 aromatic rings. The minimum absolute atomic E-state index is 0.0532. The molecule has 3 aliphatic rings. The molecule has 1 aromatic heterocycles. The van der Waals surface area contributed by atoms with Gasteiger partial charge in [-0.1, -0.05) is 30.3 Å².